The average Bonchev–Trinajstić information content (AvgIpc) is 2.82. The number of imide groups is 2. The summed E-state index contributed by atoms with van der Waals surface area (Å²) in [5, 5.41) is 0. The van der Waals surface area contributed by atoms with E-state index in [1.54, 1.807) is 49.6 Å². The van der Waals surface area contributed by atoms with Crippen LogP contribution < -0.4 is 18.9 Å². The molecule has 1 heterocycles. The molecule has 0 N–H and O–H groups in total. The molecule has 1 aliphatic rings. The van der Waals surface area contributed by atoms with Crippen LogP contribution in [-0.4, -0.2) is 69.2 Å². The van der Waals surface area contributed by atoms with Gasteiger partial charge in [-0.25, -0.2) is 4.79 Å². The summed E-state index contributed by atoms with van der Waals surface area (Å²) in [5.41, 5.74) is 0.440. The molecule has 1 aliphatic heterocycles. The Balaban J connectivity index is 1.66. The third-order valence-electron chi connectivity index (χ3n) is 4.81. The van der Waals surface area contributed by atoms with Gasteiger partial charge >= 0.3 is 6.03 Å². The zero-order valence-electron chi connectivity index (χ0n) is 18.3. The average molecular weight is 440 g/mol. The first kappa shape index (κ1) is 22.7. The van der Waals surface area contributed by atoms with Crippen molar-refractivity contribution in [2.24, 2.45) is 0 Å². The minimum atomic E-state index is -0.671. The summed E-state index contributed by atoms with van der Waals surface area (Å²) in [6, 6.07) is 11.6. The molecule has 1 saturated heterocycles. The van der Waals surface area contributed by atoms with E-state index in [1.165, 1.54) is 27.3 Å². The van der Waals surface area contributed by atoms with E-state index >= 15 is 0 Å². The number of benzene rings is 2. The van der Waals surface area contributed by atoms with Gasteiger partial charge in [0.25, 0.3) is 11.8 Å². The van der Waals surface area contributed by atoms with E-state index < -0.39 is 17.8 Å². The summed E-state index contributed by atoms with van der Waals surface area (Å²) in [6.07, 6.45) is 1.42. The second-order valence-corrected chi connectivity index (χ2v) is 6.85. The molecular weight excluding hydrogens is 416 g/mol. The van der Waals surface area contributed by atoms with Crippen LogP contribution in [0.1, 0.15) is 5.56 Å². The Bertz CT molecular complexity index is 1020. The molecule has 32 heavy (non-hydrogen) atoms. The predicted octanol–water partition coefficient (Wildman–Crippen LogP) is 2.60. The van der Waals surface area contributed by atoms with Gasteiger partial charge in [0.1, 0.15) is 30.3 Å². The van der Waals surface area contributed by atoms with Gasteiger partial charge in [-0.05, 0) is 48.0 Å². The van der Waals surface area contributed by atoms with Crippen molar-refractivity contribution < 1.29 is 33.3 Å². The molecule has 3 rings (SSSR count). The van der Waals surface area contributed by atoms with Crippen molar-refractivity contribution in [3.05, 3.63) is 53.6 Å². The van der Waals surface area contributed by atoms with Crippen molar-refractivity contribution in [1.29, 1.82) is 0 Å². The summed E-state index contributed by atoms with van der Waals surface area (Å²) in [6.45, 7) is 0.592. The van der Waals surface area contributed by atoms with Crippen molar-refractivity contribution in [3.8, 4) is 23.0 Å². The lowest BCUT2D eigenvalue weighted by Gasteiger charge is -2.28. The van der Waals surface area contributed by atoms with Gasteiger partial charge in [0.2, 0.25) is 0 Å². The van der Waals surface area contributed by atoms with E-state index in [0.717, 1.165) is 15.5 Å². The van der Waals surface area contributed by atoms with Crippen LogP contribution in [0.25, 0.3) is 6.08 Å². The molecule has 0 bridgehead atoms. The number of barbiturate groups is 1. The van der Waals surface area contributed by atoms with Crippen molar-refractivity contribution in [2.45, 2.75) is 0 Å². The zero-order chi connectivity index (χ0) is 23.3. The summed E-state index contributed by atoms with van der Waals surface area (Å²) in [5.74, 6) is 1.03. The third-order valence-corrected chi connectivity index (χ3v) is 4.81. The first-order valence-electron chi connectivity index (χ1n) is 9.75. The molecule has 9 heteroatoms. The SMILES string of the molecule is COc1ccc(OCCOc2ccc(C=C3C(=O)N(C)C(=O)N(C)C3=O)cc2OC)cc1. The Hall–Kier alpha value is -4.01. The van der Waals surface area contributed by atoms with Gasteiger partial charge in [0, 0.05) is 14.1 Å². The molecule has 168 valence electrons. The molecule has 0 atom stereocenters. The number of hydrogen-bond acceptors (Lipinski definition) is 7. The minimum Gasteiger partial charge on any atom is -0.497 e. The normalized spacial score (nSPS) is 13.9. The number of amides is 4. The summed E-state index contributed by atoms with van der Waals surface area (Å²) in [7, 11) is 5.74. The smallest absolute Gasteiger partial charge is 0.333 e. The molecule has 0 unspecified atom stereocenters. The number of hydrogen-bond donors (Lipinski definition) is 0. The van der Waals surface area contributed by atoms with Crippen LogP contribution in [0.4, 0.5) is 4.79 Å². The highest BCUT2D eigenvalue weighted by atomic mass is 16.5. The number of ether oxygens (including phenoxy) is 4. The Morgan fingerprint density at radius 1 is 0.750 bits per heavy atom. The maximum atomic E-state index is 12.4. The molecule has 4 amide bonds. The van der Waals surface area contributed by atoms with Crippen LogP contribution in [0.5, 0.6) is 23.0 Å². The highest BCUT2D eigenvalue weighted by Crippen LogP contribution is 2.29. The fourth-order valence-corrected chi connectivity index (χ4v) is 3.02. The number of carbonyl (C=O) groups is 3. The first-order valence-corrected chi connectivity index (χ1v) is 9.75. The lowest BCUT2D eigenvalue weighted by atomic mass is 10.1. The second kappa shape index (κ2) is 9.86. The summed E-state index contributed by atoms with van der Waals surface area (Å²) in [4.78, 5) is 38.4. The number of urea groups is 1. The molecule has 0 spiro atoms. The van der Waals surface area contributed by atoms with E-state index in [9.17, 15) is 14.4 Å². The van der Waals surface area contributed by atoms with E-state index in [0.29, 0.717) is 29.4 Å². The number of nitrogens with zero attached hydrogens (tertiary/aromatic N) is 2. The van der Waals surface area contributed by atoms with Crippen molar-refractivity contribution in [2.75, 3.05) is 41.5 Å². The number of likely N-dealkylation sites (N-methyl/N-ethyl adjacent to an activating group) is 2. The lowest BCUT2D eigenvalue weighted by Crippen LogP contribution is -2.52. The molecule has 0 radical (unpaired) electrons. The van der Waals surface area contributed by atoms with E-state index in [2.05, 4.69) is 0 Å². The number of rotatable bonds is 8. The minimum absolute atomic E-state index is 0.113. The third kappa shape index (κ3) is 4.83. The van der Waals surface area contributed by atoms with Gasteiger partial charge in [-0.3, -0.25) is 19.4 Å². The Morgan fingerprint density at radius 3 is 1.94 bits per heavy atom. The molecular formula is C23H24N2O7. The topological polar surface area (TPSA) is 94.6 Å². The molecule has 1 fully saturated rings. The lowest BCUT2D eigenvalue weighted by molar-refractivity contribution is -0.134. The van der Waals surface area contributed by atoms with Crippen LogP contribution in [0, 0.1) is 0 Å². The van der Waals surface area contributed by atoms with Crippen LogP contribution in [0.2, 0.25) is 0 Å². The first-order chi connectivity index (χ1) is 15.3. The fourth-order valence-electron chi connectivity index (χ4n) is 3.02. The van der Waals surface area contributed by atoms with E-state index in [-0.39, 0.29) is 12.2 Å². The van der Waals surface area contributed by atoms with Crippen molar-refractivity contribution in [1.82, 2.24) is 9.80 Å². The largest absolute Gasteiger partial charge is 0.497 e. The monoisotopic (exact) mass is 440 g/mol. The summed E-state index contributed by atoms with van der Waals surface area (Å²) < 4.78 is 21.9. The fraction of sp³-hybridized carbons (Fsp3) is 0.261. The van der Waals surface area contributed by atoms with E-state index in [4.69, 9.17) is 18.9 Å². The Labute approximate surface area is 185 Å². The van der Waals surface area contributed by atoms with Crippen LogP contribution in [-0.2, 0) is 9.59 Å². The van der Waals surface area contributed by atoms with Gasteiger partial charge in [-0.15, -0.1) is 0 Å². The Morgan fingerprint density at radius 2 is 1.34 bits per heavy atom. The molecule has 2 aromatic rings. The summed E-state index contributed by atoms with van der Waals surface area (Å²) >= 11 is 0. The number of carbonyl (C=O) groups excluding carboxylic acids is 3. The zero-order valence-corrected chi connectivity index (χ0v) is 18.3. The molecule has 2 aromatic carbocycles. The van der Waals surface area contributed by atoms with Gasteiger partial charge in [-0.1, -0.05) is 6.07 Å². The predicted molar refractivity (Wildman–Crippen MR) is 116 cm³/mol. The van der Waals surface area contributed by atoms with Crippen LogP contribution in [0.15, 0.2) is 48.0 Å². The van der Waals surface area contributed by atoms with Gasteiger partial charge in [-0.2, -0.15) is 0 Å². The quantitative estimate of drug-likeness (QED) is 0.354. The van der Waals surface area contributed by atoms with Crippen molar-refractivity contribution >= 4 is 23.9 Å². The molecule has 0 aliphatic carbocycles. The van der Waals surface area contributed by atoms with Crippen LogP contribution in [0.3, 0.4) is 0 Å². The van der Waals surface area contributed by atoms with Gasteiger partial charge in [0.05, 0.1) is 14.2 Å². The van der Waals surface area contributed by atoms with Gasteiger partial charge < -0.3 is 18.9 Å². The molecule has 0 aromatic heterocycles. The molecule has 9 nitrogen and oxygen atoms in total. The maximum Gasteiger partial charge on any atom is 0.333 e. The highest BCUT2D eigenvalue weighted by Gasteiger charge is 2.37. The van der Waals surface area contributed by atoms with E-state index in [1.807, 2.05) is 0 Å². The van der Waals surface area contributed by atoms with Gasteiger partial charge in [0.15, 0.2) is 11.5 Å². The van der Waals surface area contributed by atoms with Crippen LogP contribution >= 0.6 is 0 Å². The Kier molecular flexibility index (Phi) is 6.99. The van der Waals surface area contributed by atoms with Crippen molar-refractivity contribution in [3.63, 3.8) is 0 Å². The second-order valence-electron chi connectivity index (χ2n) is 6.85. The molecule has 0 saturated carbocycles. The maximum absolute atomic E-state index is 12.4. The number of methoxy groups -OCH3 is 2. The standard InChI is InChI=1S/C23H24N2O7/c1-24-21(26)18(22(27)25(2)23(24)28)13-15-5-10-19(20(14-15)30-4)32-12-11-31-17-8-6-16(29-3)7-9-17/h5-10,13-14H,11-12H2,1-4H3. The highest BCUT2D eigenvalue weighted by molar-refractivity contribution is 6.30.